The van der Waals surface area contributed by atoms with E-state index in [2.05, 4.69) is 25.6 Å². The van der Waals surface area contributed by atoms with E-state index in [4.69, 9.17) is 11.6 Å². The molecule has 0 unspecified atom stereocenters. The normalized spacial score (nSPS) is 11.7. The molecule has 1 aromatic heterocycles. The molecule has 0 atom stereocenters. The molecule has 1 aromatic carbocycles. The Morgan fingerprint density at radius 1 is 1.39 bits per heavy atom. The lowest BCUT2D eigenvalue weighted by Gasteiger charge is -2.06. The molecule has 0 radical (unpaired) electrons. The fourth-order valence-electron chi connectivity index (χ4n) is 1.25. The second-order valence-corrected chi connectivity index (χ2v) is 7.81. The van der Waals surface area contributed by atoms with E-state index in [9.17, 15) is 8.42 Å². The van der Waals surface area contributed by atoms with E-state index in [1.165, 1.54) is 6.20 Å². The summed E-state index contributed by atoms with van der Waals surface area (Å²) in [7, 11) is -3.55. The zero-order chi connectivity index (χ0) is 13.2. The first kappa shape index (κ1) is 14.0. The fraction of sp³-hybridized carbons (Fsp3) is 0.100. The standard InChI is InChI=1S/C10H8BrClN2O2S2/c11-8-4-2-1-3-7(8)5-14-18(15,16)9-6-13-10(12)17-9/h1-4,6,14H,5H2. The molecule has 0 aliphatic carbocycles. The van der Waals surface area contributed by atoms with Crippen molar-refractivity contribution in [3.8, 4) is 0 Å². The quantitative estimate of drug-likeness (QED) is 0.903. The third kappa shape index (κ3) is 3.30. The third-order valence-electron chi connectivity index (χ3n) is 2.13. The Morgan fingerprint density at radius 2 is 2.11 bits per heavy atom. The summed E-state index contributed by atoms with van der Waals surface area (Å²) in [6.45, 7) is 0.208. The molecule has 0 fully saturated rings. The number of nitrogens with zero attached hydrogens (tertiary/aromatic N) is 1. The molecule has 2 rings (SSSR count). The molecule has 1 heterocycles. The van der Waals surface area contributed by atoms with Crippen LogP contribution in [-0.4, -0.2) is 13.4 Å². The second kappa shape index (κ2) is 5.66. The van der Waals surface area contributed by atoms with E-state index in [0.29, 0.717) is 0 Å². The highest BCUT2D eigenvalue weighted by Gasteiger charge is 2.17. The minimum atomic E-state index is -3.55. The van der Waals surface area contributed by atoms with Crippen LogP contribution in [0.4, 0.5) is 0 Å². The van der Waals surface area contributed by atoms with Crippen molar-refractivity contribution in [2.75, 3.05) is 0 Å². The highest BCUT2D eigenvalue weighted by atomic mass is 79.9. The zero-order valence-corrected chi connectivity index (χ0v) is 12.9. The van der Waals surface area contributed by atoms with Crippen molar-refractivity contribution in [2.24, 2.45) is 0 Å². The van der Waals surface area contributed by atoms with Gasteiger partial charge in [0.05, 0.1) is 6.20 Å². The van der Waals surface area contributed by atoms with Gasteiger partial charge in [0.25, 0.3) is 10.0 Å². The van der Waals surface area contributed by atoms with E-state index in [1.807, 2.05) is 24.3 Å². The van der Waals surface area contributed by atoms with Gasteiger partial charge >= 0.3 is 0 Å². The molecule has 8 heteroatoms. The summed E-state index contributed by atoms with van der Waals surface area (Å²) in [6, 6.07) is 7.41. The Labute approximate surface area is 122 Å². The van der Waals surface area contributed by atoms with Crippen molar-refractivity contribution in [1.29, 1.82) is 0 Å². The van der Waals surface area contributed by atoms with Gasteiger partial charge in [0.1, 0.15) is 0 Å². The predicted octanol–water partition coefficient (Wildman–Crippen LogP) is 3.04. The molecule has 0 saturated heterocycles. The van der Waals surface area contributed by atoms with Gasteiger partial charge in [-0.25, -0.2) is 18.1 Å². The van der Waals surface area contributed by atoms with E-state index in [1.54, 1.807) is 0 Å². The smallest absolute Gasteiger partial charge is 0.232 e. The predicted molar refractivity (Wildman–Crippen MR) is 75.3 cm³/mol. The number of hydrogen-bond acceptors (Lipinski definition) is 4. The molecule has 4 nitrogen and oxygen atoms in total. The van der Waals surface area contributed by atoms with Gasteiger partial charge in [-0.15, -0.1) is 0 Å². The summed E-state index contributed by atoms with van der Waals surface area (Å²) >= 11 is 9.90. The maximum absolute atomic E-state index is 11.9. The van der Waals surface area contributed by atoms with Crippen LogP contribution in [0.15, 0.2) is 39.1 Å². The first-order valence-corrected chi connectivity index (χ1v) is 8.30. The number of nitrogens with one attached hydrogen (secondary N) is 1. The van der Waals surface area contributed by atoms with Gasteiger partial charge in [0.15, 0.2) is 8.68 Å². The SMILES string of the molecule is O=S(=O)(NCc1ccccc1Br)c1cnc(Cl)s1. The average molecular weight is 368 g/mol. The van der Waals surface area contributed by atoms with E-state index in [-0.39, 0.29) is 15.2 Å². The molecule has 0 saturated carbocycles. The first-order chi connectivity index (χ1) is 8.49. The Balaban J connectivity index is 2.13. The van der Waals surface area contributed by atoms with Gasteiger partial charge in [0, 0.05) is 11.0 Å². The Hall–Kier alpha value is -0.470. The van der Waals surface area contributed by atoms with Gasteiger partial charge in [0.2, 0.25) is 0 Å². The van der Waals surface area contributed by atoms with Crippen molar-refractivity contribution < 1.29 is 8.42 Å². The second-order valence-electron chi connectivity index (χ2n) is 3.35. The van der Waals surface area contributed by atoms with E-state index in [0.717, 1.165) is 21.4 Å². The van der Waals surface area contributed by atoms with Gasteiger partial charge in [-0.05, 0) is 11.6 Å². The highest BCUT2D eigenvalue weighted by molar-refractivity contribution is 9.10. The van der Waals surface area contributed by atoms with Crippen molar-refractivity contribution in [1.82, 2.24) is 9.71 Å². The number of rotatable bonds is 4. The van der Waals surface area contributed by atoms with Crippen LogP contribution < -0.4 is 4.72 Å². The third-order valence-corrected chi connectivity index (χ3v) is 5.88. The van der Waals surface area contributed by atoms with Crippen LogP contribution in [0.25, 0.3) is 0 Å². The Kier molecular flexibility index (Phi) is 4.39. The van der Waals surface area contributed by atoms with E-state index < -0.39 is 10.0 Å². The molecule has 18 heavy (non-hydrogen) atoms. The topological polar surface area (TPSA) is 59.1 Å². The van der Waals surface area contributed by atoms with Crippen LogP contribution in [0.5, 0.6) is 0 Å². The summed E-state index contributed by atoms with van der Waals surface area (Å²) in [4.78, 5) is 3.71. The lowest BCUT2D eigenvalue weighted by molar-refractivity contribution is 0.583. The van der Waals surface area contributed by atoms with Crippen LogP contribution in [-0.2, 0) is 16.6 Å². The maximum atomic E-state index is 11.9. The van der Waals surface area contributed by atoms with Crippen LogP contribution in [0, 0.1) is 0 Å². The number of benzene rings is 1. The Bertz CT molecular complexity index is 657. The summed E-state index contributed by atoms with van der Waals surface area (Å²) in [5, 5.41) is 0. The Morgan fingerprint density at radius 3 is 2.72 bits per heavy atom. The summed E-state index contributed by atoms with van der Waals surface area (Å²) in [5.74, 6) is 0. The number of sulfonamides is 1. The number of hydrogen-bond donors (Lipinski definition) is 1. The summed E-state index contributed by atoms with van der Waals surface area (Å²) in [5.41, 5.74) is 0.858. The van der Waals surface area contributed by atoms with Crippen LogP contribution in [0.2, 0.25) is 4.47 Å². The zero-order valence-electron chi connectivity index (χ0n) is 8.93. The lowest BCUT2D eigenvalue weighted by Crippen LogP contribution is -2.22. The fourth-order valence-corrected chi connectivity index (χ4v) is 4.02. The minimum absolute atomic E-state index is 0.111. The molecule has 0 aliphatic rings. The molecular weight excluding hydrogens is 360 g/mol. The van der Waals surface area contributed by atoms with Crippen LogP contribution in [0.3, 0.4) is 0 Å². The molecule has 0 amide bonds. The van der Waals surface area contributed by atoms with Gasteiger partial charge in [-0.3, -0.25) is 0 Å². The summed E-state index contributed by atoms with van der Waals surface area (Å²) in [6.07, 6.45) is 1.25. The van der Waals surface area contributed by atoms with Crippen molar-refractivity contribution >= 4 is 48.9 Å². The molecular formula is C10H8BrClN2O2S2. The monoisotopic (exact) mass is 366 g/mol. The molecule has 0 bridgehead atoms. The molecule has 0 aliphatic heterocycles. The molecule has 96 valence electrons. The number of aromatic nitrogens is 1. The lowest BCUT2D eigenvalue weighted by atomic mass is 10.2. The highest BCUT2D eigenvalue weighted by Crippen LogP contribution is 2.23. The van der Waals surface area contributed by atoms with E-state index >= 15 is 0 Å². The molecule has 0 spiro atoms. The number of thiazole rings is 1. The average Bonchev–Trinajstić information content (AvgIpc) is 2.76. The largest absolute Gasteiger partial charge is 0.252 e. The molecule has 2 aromatic rings. The van der Waals surface area contributed by atoms with Gasteiger partial charge in [-0.2, -0.15) is 0 Å². The summed E-state index contributed by atoms with van der Waals surface area (Å²) < 4.78 is 27.5. The van der Waals surface area contributed by atoms with Crippen LogP contribution in [0.1, 0.15) is 5.56 Å². The molecule has 1 N–H and O–H groups in total. The van der Waals surface area contributed by atoms with Crippen molar-refractivity contribution in [2.45, 2.75) is 10.8 Å². The van der Waals surface area contributed by atoms with Crippen LogP contribution >= 0.6 is 38.9 Å². The first-order valence-electron chi connectivity index (χ1n) is 4.83. The van der Waals surface area contributed by atoms with Gasteiger partial charge < -0.3 is 0 Å². The van der Waals surface area contributed by atoms with Crippen molar-refractivity contribution in [3.05, 3.63) is 45.0 Å². The number of halogens is 2. The minimum Gasteiger partial charge on any atom is -0.232 e. The van der Waals surface area contributed by atoms with Gasteiger partial charge in [-0.1, -0.05) is 57.1 Å². The maximum Gasteiger partial charge on any atom is 0.252 e. The van der Waals surface area contributed by atoms with Crippen molar-refractivity contribution in [3.63, 3.8) is 0 Å².